The molecule has 2 rings (SSSR count). The van der Waals surface area contributed by atoms with Crippen molar-refractivity contribution in [3.05, 3.63) is 54.1 Å². The van der Waals surface area contributed by atoms with Crippen molar-refractivity contribution in [2.45, 2.75) is 13.8 Å². The Morgan fingerprint density at radius 3 is 2.30 bits per heavy atom. The Kier molecular flexibility index (Phi) is 5.18. The monoisotopic (exact) mass is 269 g/mol. The van der Waals surface area contributed by atoms with Gasteiger partial charge in [0.2, 0.25) is 0 Å². The van der Waals surface area contributed by atoms with Gasteiger partial charge in [0.05, 0.1) is 18.9 Å². The first kappa shape index (κ1) is 14.1. The third-order valence-corrected chi connectivity index (χ3v) is 2.69. The molecule has 0 aliphatic rings. The normalized spacial score (nSPS) is 10.7. The van der Waals surface area contributed by atoms with E-state index >= 15 is 0 Å². The molecule has 104 valence electrons. The van der Waals surface area contributed by atoms with Crippen LogP contribution in [0.2, 0.25) is 0 Å². The minimum Gasteiger partial charge on any atom is -0.490 e. The van der Waals surface area contributed by atoms with Crippen LogP contribution >= 0.6 is 0 Å². The van der Waals surface area contributed by atoms with Crippen LogP contribution in [0, 0.1) is 0 Å². The summed E-state index contributed by atoms with van der Waals surface area (Å²) in [6, 6.07) is 15.7. The number of aliphatic imine (C=N–C) groups is 1. The van der Waals surface area contributed by atoms with Crippen LogP contribution in [0.1, 0.15) is 19.4 Å². The van der Waals surface area contributed by atoms with Crippen molar-refractivity contribution in [1.29, 1.82) is 0 Å². The van der Waals surface area contributed by atoms with Crippen LogP contribution in [0.15, 0.2) is 53.5 Å². The molecule has 0 saturated carbocycles. The fraction of sp³-hybridized carbons (Fsp3) is 0.235. The van der Waals surface area contributed by atoms with E-state index in [9.17, 15) is 0 Å². The lowest BCUT2D eigenvalue weighted by atomic mass is 10.2. The molecule has 0 spiro atoms. The predicted molar refractivity (Wildman–Crippen MR) is 82.5 cm³/mol. The summed E-state index contributed by atoms with van der Waals surface area (Å²) in [5.41, 5.74) is 1.92. The van der Waals surface area contributed by atoms with E-state index in [0.29, 0.717) is 13.2 Å². The smallest absolute Gasteiger partial charge is 0.161 e. The van der Waals surface area contributed by atoms with E-state index in [0.717, 1.165) is 22.7 Å². The third-order valence-electron chi connectivity index (χ3n) is 2.69. The molecule has 0 aliphatic heterocycles. The van der Waals surface area contributed by atoms with Crippen LogP contribution in [-0.4, -0.2) is 19.4 Å². The Hall–Kier alpha value is -2.29. The highest BCUT2D eigenvalue weighted by Crippen LogP contribution is 2.28. The summed E-state index contributed by atoms with van der Waals surface area (Å²) in [5.74, 6) is 1.53. The Balaban J connectivity index is 2.20. The molecule has 0 bridgehead atoms. The molecule has 0 amide bonds. The van der Waals surface area contributed by atoms with E-state index in [1.54, 1.807) is 0 Å². The van der Waals surface area contributed by atoms with Gasteiger partial charge in [0.15, 0.2) is 11.5 Å². The molecule has 0 aliphatic carbocycles. The summed E-state index contributed by atoms with van der Waals surface area (Å²) in [7, 11) is 0. The molecule has 3 heteroatoms. The lowest BCUT2D eigenvalue weighted by molar-refractivity contribution is 0.288. The van der Waals surface area contributed by atoms with Gasteiger partial charge in [-0.1, -0.05) is 18.2 Å². The van der Waals surface area contributed by atoms with E-state index in [4.69, 9.17) is 9.47 Å². The molecule has 0 heterocycles. The Morgan fingerprint density at radius 2 is 1.60 bits per heavy atom. The van der Waals surface area contributed by atoms with Gasteiger partial charge in [-0.2, -0.15) is 0 Å². The summed E-state index contributed by atoms with van der Waals surface area (Å²) < 4.78 is 11.1. The lowest BCUT2D eigenvalue weighted by Crippen LogP contribution is -1.99. The van der Waals surface area contributed by atoms with Gasteiger partial charge in [-0.25, -0.2) is 0 Å². The number of rotatable bonds is 6. The fourth-order valence-corrected chi connectivity index (χ4v) is 1.81. The number of para-hydroxylation sites is 1. The Labute approximate surface area is 119 Å². The van der Waals surface area contributed by atoms with Crippen LogP contribution in [0.4, 0.5) is 5.69 Å². The molecule has 20 heavy (non-hydrogen) atoms. The molecule has 0 saturated heterocycles. The second-order valence-electron chi connectivity index (χ2n) is 4.17. The van der Waals surface area contributed by atoms with Crippen molar-refractivity contribution >= 4 is 11.9 Å². The number of benzene rings is 2. The average molecular weight is 269 g/mol. The van der Waals surface area contributed by atoms with Gasteiger partial charge in [0.25, 0.3) is 0 Å². The maximum atomic E-state index is 5.60. The number of ether oxygens (including phenoxy) is 2. The molecular formula is C17H19NO2. The highest BCUT2D eigenvalue weighted by molar-refractivity contribution is 5.83. The molecule has 0 N–H and O–H groups in total. The Bertz CT molecular complexity index is 564. The molecule has 0 unspecified atom stereocenters. The molecular weight excluding hydrogens is 250 g/mol. The fourth-order valence-electron chi connectivity index (χ4n) is 1.81. The maximum Gasteiger partial charge on any atom is 0.161 e. The number of nitrogens with zero attached hydrogens (tertiary/aromatic N) is 1. The van der Waals surface area contributed by atoms with Crippen molar-refractivity contribution in [3.8, 4) is 11.5 Å². The zero-order chi connectivity index (χ0) is 14.2. The number of hydrogen-bond donors (Lipinski definition) is 0. The molecule has 0 aromatic heterocycles. The first-order valence-electron chi connectivity index (χ1n) is 6.82. The van der Waals surface area contributed by atoms with Gasteiger partial charge in [0, 0.05) is 6.21 Å². The van der Waals surface area contributed by atoms with E-state index in [-0.39, 0.29) is 0 Å². The number of hydrogen-bond acceptors (Lipinski definition) is 3. The van der Waals surface area contributed by atoms with Crippen molar-refractivity contribution < 1.29 is 9.47 Å². The van der Waals surface area contributed by atoms with Gasteiger partial charge in [-0.05, 0) is 49.7 Å². The van der Waals surface area contributed by atoms with Crippen LogP contribution in [0.5, 0.6) is 11.5 Å². The second kappa shape index (κ2) is 7.34. The lowest BCUT2D eigenvalue weighted by Gasteiger charge is -2.11. The highest BCUT2D eigenvalue weighted by atomic mass is 16.5. The van der Waals surface area contributed by atoms with Gasteiger partial charge in [-0.3, -0.25) is 4.99 Å². The zero-order valence-corrected chi connectivity index (χ0v) is 11.9. The van der Waals surface area contributed by atoms with Gasteiger partial charge in [0.1, 0.15) is 0 Å². The summed E-state index contributed by atoms with van der Waals surface area (Å²) in [6.45, 7) is 5.15. The largest absolute Gasteiger partial charge is 0.490 e. The quantitative estimate of drug-likeness (QED) is 0.734. The first-order valence-corrected chi connectivity index (χ1v) is 6.82. The molecule has 2 aromatic carbocycles. The minimum absolute atomic E-state index is 0.610. The third kappa shape index (κ3) is 3.85. The van der Waals surface area contributed by atoms with Crippen molar-refractivity contribution in [2.24, 2.45) is 4.99 Å². The second-order valence-corrected chi connectivity index (χ2v) is 4.17. The van der Waals surface area contributed by atoms with Crippen LogP contribution in [0.3, 0.4) is 0 Å². The van der Waals surface area contributed by atoms with Gasteiger partial charge in [-0.15, -0.1) is 0 Å². The summed E-state index contributed by atoms with van der Waals surface area (Å²) in [4.78, 5) is 4.43. The van der Waals surface area contributed by atoms with Crippen molar-refractivity contribution in [2.75, 3.05) is 13.2 Å². The van der Waals surface area contributed by atoms with Crippen LogP contribution < -0.4 is 9.47 Å². The predicted octanol–water partition coefficient (Wildman–Crippen LogP) is 4.23. The molecule has 2 aromatic rings. The summed E-state index contributed by atoms with van der Waals surface area (Å²) >= 11 is 0. The first-order chi connectivity index (χ1) is 9.83. The molecule has 0 fully saturated rings. The van der Waals surface area contributed by atoms with Crippen LogP contribution in [0.25, 0.3) is 0 Å². The molecule has 0 atom stereocenters. The van der Waals surface area contributed by atoms with E-state index in [1.165, 1.54) is 0 Å². The Morgan fingerprint density at radius 1 is 0.900 bits per heavy atom. The average Bonchev–Trinajstić information content (AvgIpc) is 2.49. The van der Waals surface area contributed by atoms with Gasteiger partial charge < -0.3 is 9.47 Å². The molecule has 3 nitrogen and oxygen atoms in total. The van der Waals surface area contributed by atoms with Crippen LogP contribution in [-0.2, 0) is 0 Å². The maximum absolute atomic E-state index is 5.60. The summed E-state index contributed by atoms with van der Waals surface area (Å²) in [5, 5.41) is 0. The van der Waals surface area contributed by atoms with E-state index < -0.39 is 0 Å². The zero-order valence-electron chi connectivity index (χ0n) is 11.9. The standard InChI is InChI=1S/C17H19NO2/c1-3-19-16-11-10-14(12-17(16)20-4-2)13-18-15-8-6-5-7-9-15/h5-13H,3-4H2,1-2H3. The SMILES string of the molecule is CCOc1ccc(C=Nc2ccccc2)cc1OCC. The summed E-state index contributed by atoms with van der Waals surface area (Å²) in [6.07, 6.45) is 1.83. The highest BCUT2D eigenvalue weighted by Gasteiger charge is 2.04. The van der Waals surface area contributed by atoms with E-state index in [2.05, 4.69) is 4.99 Å². The topological polar surface area (TPSA) is 30.8 Å². The van der Waals surface area contributed by atoms with E-state index in [1.807, 2.05) is 68.6 Å². The van der Waals surface area contributed by atoms with Gasteiger partial charge >= 0.3 is 0 Å². The van der Waals surface area contributed by atoms with Crippen molar-refractivity contribution in [1.82, 2.24) is 0 Å². The molecule has 0 radical (unpaired) electrons. The van der Waals surface area contributed by atoms with Crippen molar-refractivity contribution in [3.63, 3.8) is 0 Å². The minimum atomic E-state index is 0.610.